The lowest BCUT2D eigenvalue weighted by Crippen LogP contribution is -2.53. The topological polar surface area (TPSA) is 41.6 Å². The van der Waals surface area contributed by atoms with E-state index in [0.29, 0.717) is 12.0 Å². The fraction of sp³-hybridized carbons (Fsp3) is 0.737. The van der Waals surface area contributed by atoms with Crippen molar-refractivity contribution < 1.29 is 9.53 Å². The van der Waals surface area contributed by atoms with E-state index >= 15 is 0 Å². The highest BCUT2D eigenvalue weighted by Gasteiger charge is 2.42. The minimum absolute atomic E-state index is 0.134. The number of carbonyl (C=O) groups excluding carboxylic acids is 1. The van der Waals surface area contributed by atoms with Crippen LogP contribution in [-0.2, 0) is 16.1 Å². The van der Waals surface area contributed by atoms with Crippen LogP contribution < -0.4 is 5.32 Å². The molecule has 1 aromatic heterocycles. The lowest BCUT2D eigenvalue weighted by Gasteiger charge is -2.44. The average molecular weight is 349 g/mol. The van der Waals surface area contributed by atoms with Gasteiger partial charge in [0.2, 0.25) is 5.91 Å². The molecule has 3 atom stereocenters. The molecule has 1 saturated carbocycles. The third-order valence-corrected chi connectivity index (χ3v) is 6.71. The summed E-state index contributed by atoms with van der Waals surface area (Å²) < 4.78 is 6.01. The molecule has 2 aliphatic heterocycles. The molecule has 3 fully saturated rings. The molecule has 1 aliphatic carbocycles. The number of nitrogens with zero attached hydrogens (tertiary/aromatic N) is 1. The van der Waals surface area contributed by atoms with E-state index in [1.165, 1.54) is 18.4 Å². The van der Waals surface area contributed by atoms with Gasteiger partial charge in [0.05, 0.1) is 6.10 Å². The van der Waals surface area contributed by atoms with Gasteiger partial charge >= 0.3 is 0 Å². The summed E-state index contributed by atoms with van der Waals surface area (Å²) in [7, 11) is 0. The number of piperidine rings is 1. The lowest BCUT2D eigenvalue weighted by molar-refractivity contribution is -0.142. The van der Waals surface area contributed by atoms with Crippen molar-refractivity contribution in [1.82, 2.24) is 10.2 Å². The number of fused-ring (bicyclic) bond motifs is 1. The number of rotatable bonds is 4. The smallest absolute Gasteiger partial charge is 0.223 e. The van der Waals surface area contributed by atoms with Crippen LogP contribution in [0.3, 0.4) is 0 Å². The maximum atomic E-state index is 12.8. The molecule has 24 heavy (non-hydrogen) atoms. The third kappa shape index (κ3) is 3.68. The molecular formula is C19H28N2O2S. The molecule has 2 saturated heterocycles. The molecule has 0 aromatic carbocycles. The first kappa shape index (κ1) is 16.6. The second kappa shape index (κ2) is 7.54. The highest BCUT2D eigenvalue weighted by atomic mass is 32.1. The standard InChI is InChI=1S/C19H28N2O2S/c22-19(20-15-3-1-2-4-15)16-6-9-23-18-5-8-21(12-17(16)18)11-14-7-10-24-13-14/h7,10,13,15-18H,1-6,8-9,11-12H2,(H,20,22)/t16-,17+,18-/m1/s1. The molecule has 1 amide bonds. The van der Waals surface area contributed by atoms with Gasteiger partial charge in [-0.3, -0.25) is 9.69 Å². The molecule has 5 heteroatoms. The Morgan fingerprint density at radius 3 is 2.96 bits per heavy atom. The van der Waals surface area contributed by atoms with Crippen molar-refractivity contribution >= 4 is 17.2 Å². The van der Waals surface area contributed by atoms with E-state index in [1.807, 2.05) is 0 Å². The van der Waals surface area contributed by atoms with E-state index in [1.54, 1.807) is 11.3 Å². The fourth-order valence-electron chi connectivity index (χ4n) is 4.67. The molecule has 0 bridgehead atoms. The van der Waals surface area contributed by atoms with Gasteiger partial charge in [-0.2, -0.15) is 11.3 Å². The van der Waals surface area contributed by atoms with Gasteiger partial charge in [0, 0.05) is 44.1 Å². The van der Waals surface area contributed by atoms with E-state index in [-0.39, 0.29) is 17.9 Å². The second-order valence-corrected chi connectivity index (χ2v) is 8.39. The average Bonchev–Trinajstić information content (AvgIpc) is 3.28. The number of amides is 1. The van der Waals surface area contributed by atoms with Crippen LogP contribution in [0.25, 0.3) is 0 Å². The summed E-state index contributed by atoms with van der Waals surface area (Å²) in [5, 5.41) is 7.70. The third-order valence-electron chi connectivity index (χ3n) is 5.98. The van der Waals surface area contributed by atoms with Crippen molar-refractivity contribution in [3.8, 4) is 0 Å². The SMILES string of the molecule is O=C(NC1CCCC1)[C@@H]1CCO[C@@H]2CCN(Cc3ccsc3)C[C@H]21. The summed E-state index contributed by atoms with van der Waals surface area (Å²) in [5.41, 5.74) is 1.39. The fourth-order valence-corrected chi connectivity index (χ4v) is 5.33. The monoisotopic (exact) mass is 348 g/mol. The highest BCUT2D eigenvalue weighted by Crippen LogP contribution is 2.34. The Bertz CT molecular complexity index is 542. The molecule has 4 rings (SSSR count). The van der Waals surface area contributed by atoms with Crippen molar-refractivity contribution in [2.75, 3.05) is 19.7 Å². The quantitative estimate of drug-likeness (QED) is 0.909. The maximum absolute atomic E-state index is 12.8. The first-order chi connectivity index (χ1) is 11.8. The maximum Gasteiger partial charge on any atom is 0.223 e. The van der Waals surface area contributed by atoms with Crippen LogP contribution in [0.2, 0.25) is 0 Å². The largest absolute Gasteiger partial charge is 0.378 e. The Morgan fingerprint density at radius 1 is 1.29 bits per heavy atom. The van der Waals surface area contributed by atoms with Crippen molar-refractivity contribution in [1.29, 1.82) is 0 Å². The van der Waals surface area contributed by atoms with Gasteiger partial charge in [0.15, 0.2) is 0 Å². The summed E-state index contributed by atoms with van der Waals surface area (Å²) in [4.78, 5) is 15.4. The zero-order valence-electron chi connectivity index (χ0n) is 14.3. The van der Waals surface area contributed by atoms with Crippen molar-refractivity contribution in [3.05, 3.63) is 22.4 Å². The first-order valence-electron chi connectivity index (χ1n) is 9.45. The van der Waals surface area contributed by atoms with E-state index in [0.717, 1.165) is 51.9 Å². The van der Waals surface area contributed by atoms with Crippen LogP contribution in [0, 0.1) is 11.8 Å². The number of likely N-dealkylation sites (tertiary alicyclic amines) is 1. The van der Waals surface area contributed by atoms with E-state index in [9.17, 15) is 4.79 Å². The highest BCUT2D eigenvalue weighted by molar-refractivity contribution is 7.07. The summed E-state index contributed by atoms with van der Waals surface area (Å²) in [6, 6.07) is 2.63. The minimum atomic E-state index is 0.134. The Morgan fingerprint density at radius 2 is 2.17 bits per heavy atom. The first-order valence-corrected chi connectivity index (χ1v) is 10.4. The molecule has 3 heterocycles. The van der Waals surface area contributed by atoms with Gasteiger partial charge in [0.25, 0.3) is 0 Å². The summed E-state index contributed by atoms with van der Waals surface area (Å²) in [6.45, 7) is 3.81. The van der Waals surface area contributed by atoms with Crippen LogP contribution >= 0.6 is 11.3 Å². The number of carbonyl (C=O) groups is 1. The van der Waals surface area contributed by atoms with E-state index in [2.05, 4.69) is 27.0 Å². The van der Waals surface area contributed by atoms with Gasteiger partial charge in [-0.25, -0.2) is 0 Å². The number of hydrogen-bond donors (Lipinski definition) is 1. The van der Waals surface area contributed by atoms with Crippen LogP contribution in [0.5, 0.6) is 0 Å². The van der Waals surface area contributed by atoms with Gasteiger partial charge in [-0.1, -0.05) is 12.8 Å². The molecule has 1 N–H and O–H groups in total. The second-order valence-electron chi connectivity index (χ2n) is 7.61. The van der Waals surface area contributed by atoms with Crippen LogP contribution in [0.4, 0.5) is 0 Å². The Kier molecular flexibility index (Phi) is 5.20. The van der Waals surface area contributed by atoms with Gasteiger partial charge in [0.1, 0.15) is 0 Å². The summed E-state index contributed by atoms with van der Waals surface area (Å²) in [6.07, 6.45) is 7.06. The Hall–Kier alpha value is -0.910. The van der Waals surface area contributed by atoms with Gasteiger partial charge < -0.3 is 10.1 Å². The van der Waals surface area contributed by atoms with Crippen molar-refractivity contribution in [2.24, 2.45) is 11.8 Å². The summed E-state index contributed by atoms with van der Waals surface area (Å²) in [5.74, 6) is 0.778. The zero-order chi connectivity index (χ0) is 16.4. The Balaban J connectivity index is 1.39. The molecule has 4 nitrogen and oxygen atoms in total. The predicted octanol–water partition coefficient (Wildman–Crippen LogP) is 3.03. The van der Waals surface area contributed by atoms with Gasteiger partial charge in [-0.05, 0) is 48.1 Å². The summed E-state index contributed by atoms with van der Waals surface area (Å²) >= 11 is 1.76. The lowest BCUT2D eigenvalue weighted by atomic mass is 9.78. The molecular weight excluding hydrogens is 320 g/mol. The number of nitrogens with one attached hydrogen (secondary N) is 1. The van der Waals surface area contributed by atoms with Gasteiger partial charge in [-0.15, -0.1) is 0 Å². The van der Waals surface area contributed by atoms with Crippen LogP contribution in [-0.4, -0.2) is 42.6 Å². The number of hydrogen-bond acceptors (Lipinski definition) is 4. The molecule has 132 valence electrons. The molecule has 0 radical (unpaired) electrons. The molecule has 0 unspecified atom stereocenters. The normalized spacial score (nSPS) is 31.8. The van der Waals surface area contributed by atoms with E-state index < -0.39 is 0 Å². The molecule has 0 spiro atoms. The van der Waals surface area contributed by atoms with Crippen molar-refractivity contribution in [3.63, 3.8) is 0 Å². The van der Waals surface area contributed by atoms with Crippen LogP contribution in [0.1, 0.15) is 44.1 Å². The molecule has 1 aromatic rings. The predicted molar refractivity (Wildman–Crippen MR) is 95.9 cm³/mol. The Labute approximate surface area is 148 Å². The zero-order valence-corrected chi connectivity index (χ0v) is 15.1. The number of thiophene rings is 1. The van der Waals surface area contributed by atoms with Crippen LogP contribution in [0.15, 0.2) is 16.8 Å². The number of ether oxygens (including phenoxy) is 1. The van der Waals surface area contributed by atoms with E-state index in [4.69, 9.17) is 4.74 Å². The van der Waals surface area contributed by atoms with Crippen molar-refractivity contribution in [2.45, 2.75) is 57.2 Å². The molecule has 3 aliphatic rings. The minimum Gasteiger partial charge on any atom is -0.378 e.